The van der Waals surface area contributed by atoms with Gasteiger partial charge in [-0.3, -0.25) is 4.90 Å². The van der Waals surface area contributed by atoms with Crippen molar-refractivity contribution in [3.05, 3.63) is 0 Å². The minimum atomic E-state index is 0.701. The molecule has 1 saturated carbocycles. The molecule has 0 aromatic rings. The summed E-state index contributed by atoms with van der Waals surface area (Å²) >= 11 is 0. The van der Waals surface area contributed by atoms with Crippen molar-refractivity contribution in [3.63, 3.8) is 0 Å². The third kappa shape index (κ3) is 4.96. The van der Waals surface area contributed by atoms with Gasteiger partial charge in [0.25, 0.3) is 0 Å². The minimum Gasteiger partial charge on any atom is -0.383 e. The average molecular weight is 214 g/mol. The maximum Gasteiger partial charge on any atom is 0.0589 e. The van der Waals surface area contributed by atoms with Gasteiger partial charge < -0.3 is 10.1 Å². The lowest BCUT2D eigenvalue weighted by Gasteiger charge is -2.26. The van der Waals surface area contributed by atoms with Gasteiger partial charge in [0, 0.05) is 26.2 Å². The van der Waals surface area contributed by atoms with Crippen molar-refractivity contribution in [1.82, 2.24) is 10.2 Å². The topological polar surface area (TPSA) is 24.5 Å². The molecule has 0 aromatic carbocycles. The molecule has 1 atom stereocenters. The number of ether oxygens (including phenoxy) is 1. The highest BCUT2D eigenvalue weighted by Gasteiger charge is 2.31. The van der Waals surface area contributed by atoms with E-state index in [1.54, 1.807) is 7.11 Å². The van der Waals surface area contributed by atoms with Crippen LogP contribution in [0.4, 0.5) is 0 Å². The lowest BCUT2D eigenvalue weighted by atomic mass is 10.1. The first kappa shape index (κ1) is 12.9. The number of likely N-dealkylation sites (N-methyl/N-ethyl adjacent to an activating group) is 2. The van der Waals surface area contributed by atoms with Crippen LogP contribution in [-0.2, 0) is 4.74 Å². The van der Waals surface area contributed by atoms with Crippen LogP contribution in [0.15, 0.2) is 0 Å². The fourth-order valence-electron chi connectivity index (χ4n) is 2.02. The van der Waals surface area contributed by atoms with Gasteiger partial charge in [0.05, 0.1) is 6.61 Å². The molecule has 0 heterocycles. The van der Waals surface area contributed by atoms with Gasteiger partial charge in [0.1, 0.15) is 0 Å². The fraction of sp³-hybridized carbons (Fsp3) is 1.00. The predicted octanol–water partition coefficient (Wildman–Crippen LogP) is 1.34. The van der Waals surface area contributed by atoms with Crippen LogP contribution in [0.5, 0.6) is 0 Å². The highest BCUT2D eigenvalue weighted by molar-refractivity contribution is 4.88. The van der Waals surface area contributed by atoms with E-state index in [2.05, 4.69) is 24.1 Å². The summed E-state index contributed by atoms with van der Waals surface area (Å²) in [6.07, 6.45) is 2.83. The molecular formula is C12H26N2O. The second kappa shape index (κ2) is 7.20. The van der Waals surface area contributed by atoms with Crippen LogP contribution in [0.25, 0.3) is 0 Å². The number of hydrogen-bond acceptors (Lipinski definition) is 3. The molecule has 0 radical (unpaired) electrons. The summed E-state index contributed by atoms with van der Waals surface area (Å²) in [6, 6.07) is 0.701. The van der Waals surface area contributed by atoms with Gasteiger partial charge in [-0.1, -0.05) is 13.8 Å². The number of methoxy groups -OCH3 is 1. The molecule has 0 spiro atoms. The summed E-state index contributed by atoms with van der Waals surface area (Å²) in [4.78, 5) is 2.48. The van der Waals surface area contributed by atoms with Gasteiger partial charge in [-0.05, 0) is 31.8 Å². The fourth-order valence-corrected chi connectivity index (χ4v) is 2.02. The molecule has 1 aliphatic rings. The Hall–Kier alpha value is -0.120. The monoisotopic (exact) mass is 214 g/mol. The van der Waals surface area contributed by atoms with Crippen LogP contribution < -0.4 is 5.32 Å². The molecule has 3 nitrogen and oxygen atoms in total. The molecule has 0 bridgehead atoms. The number of nitrogens with one attached hydrogen (secondary N) is 1. The van der Waals surface area contributed by atoms with Crippen LogP contribution in [0, 0.1) is 5.92 Å². The standard InChI is InChI=1S/C12H26N2O/c1-4-13-12(11-6-7-11)10-14(5-2)8-9-15-3/h11-13H,4-10H2,1-3H3. The van der Waals surface area contributed by atoms with E-state index in [1.165, 1.54) is 19.4 Å². The van der Waals surface area contributed by atoms with E-state index >= 15 is 0 Å². The Kier molecular flexibility index (Phi) is 6.22. The van der Waals surface area contributed by atoms with E-state index in [0.717, 1.165) is 32.2 Å². The zero-order valence-corrected chi connectivity index (χ0v) is 10.5. The molecular weight excluding hydrogens is 188 g/mol. The zero-order chi connectivity index (χ0) is 11.1. The van der Waals surface area contributed by atoms with E-state index in [4.69, 9.17) is 4.74 Å². The Morgan fingerprint density at radius 1 is 1.40 bits per heavy atom. The lowest BCUT2D eigenvalue weighted by Crippen LogP contribution is -2.43. The normalized spacial score (nSPS) is 18.4. The van der Waals surface area contributed by atoms with Gasteiger partial charge in [0.15, 0.2) is 0 Å². The smallest absolute Gasteiger partial charge is 0.0589 e. The largest absolute Gasteiger partial charge is 0.383 e. The highest BCUT2D eigenvalue weighted by Crippen LogP contribution is 2.32. The van der Waals surface area contributed by atoms with Crippen molar-refractivity contribution < 1.29 is 4.74 Å². The Bertz CT molecular complexity index is 160. The quantitative estimate of drug-likeness (QED) is 0.627. The van der Waals surface area contributed by atoms with Gasteiger partial charge in [-0.25, -0.2) is 0 Å². The summed E-state index contributed by atoms with van der Waals surface area (Å²) in [5, 5.41) is 3.60. The molecule has 1 N–H and O–H groups in total. The molecule has 3 heteroatoms. The predicted molar refractivity (Wildman–Crippen MR) is 64.2 cm³/mol. The third-order valence-electron chi connectivity index (χ3n) is 3.17. The maximum atomic E-state index is 5.13. The molecule has 1 unspecified atom stereocenters. The van der Waals surface area contributed by atoms with Crippen molar-refractivity contribution in [1.29, 1.82) is 0 Å². The van der Waals surface area contributed by atoms with Crippen molar-refractivity contribution >= 4 is 0 Å². The Morgan fingerprint density at radius 2 is 2.13 bits per heavy atom. The van der Waals surface area contributed by atoms with E-state index in [1.807, 2.05) is 0 Å². The van der Waals surface area contributed by atoms with Gasteiger partial charge >= 0.3 is 0 Å². The highest BCUT2D eigenvalue weighted by atomic mass is 16.5. The first-order chi connectivity index (χ1) is 7.31. The van der Waals surface area contributed by atoms with E-state index in [9.17, 15) is 0 Å². The summed E-state index contributed by atoms with van der Waals surface area (Å²) in [5.41, 5.74) is 0. The van der Waals surface area contributed by atoms with Gasteiger partial charge in [0.2, 0.25) is 0 Å². The van der Waals surface area contributed by atoms with Crippen molar-refractivity contribution in [3.8, 4) is 0 Å². The molecule has 0 aliphatic heterocycles. The first-order valence-electron chi connectivity index (χ1n) is 6.26. The third-order valence-corrected chi connectivity index (χ3v) is 3.17. The summed E-state index contributed by atoms with van der Waals surface area (Å²) in [6.45, 7) is 9.71. The molecule has 1 aliphatic carbocycles. The number of rotatable bonds is 9. The molecule has 0 saturated heterocycles. The van der Waals surface area contributed by atoms with Crippen LogP contribution in [0.1, 0.15) is 26.7 Å². The van der Waals surface area contributed by atoms with Crippen molar-refractivity contribution in [2.45, 2.75) is 32.7 Å². The van der Waals surface area contributed by atoms with Gasteiger partial charge in [-0.2, -0.15) is 0 Å². The van der Waals surface area contributed by atoms with Gasteiger partial charge in [-0.15, -0.1) is 0 Å². The maximum absolute atomic E-state index is 5.13. The molecule has 0 amide bonds. The first-order valence-corrected chi connectivity index (χ1v) is 6.26. The van der Waals surface area contributed by atoms with E-state index in [-0.39, 0.29) is 0 Å². The number of nitrogens with zero attached hydrogens (tertiary/aromatic N) is 1. The number of hydrogen-bond donors (Lipinski definition) is 1. The summed E-state index contributed by atoms with van der Waals surface area (Å²) in [5.74, 6) is 0.932. The van der Waals surface area contributed by atoms with Crippen LogP contribution in [-0.4, -0.2) is 50.8 Å². The Balaban J connectivity index is 2.25. The second-order valence-corrected chi connectivity index (χ2v) is 4.39. The van der Waals surface area contributed by atoms with Crippen LogP contribution in [0.2, 0.25) is 0 Å². The van der Waals surface area contributed by atoms with Crippen molar-refractivity contribution in [2.24, 2.45) is 5.92 Å². The SMILES string of the molecule is CCNC(CN(CC)CCOC)C1CC1. The molecule has 15 heavy (non-hydrogen) atoms. The minimum absolute atomic E-state index is 0.701. The molecule has 0 aromatic heterocycles. The second-order valence-electron chi connectivity index (χ2n) is 4.39. The molecule has 1 rings (SSSR count). The van der Waals surface area contributed by atoms with E-state index in [0.29, 0.717) is 6.04 Å². The zero-order valence-electron chi connectivity index (χ0n) is 10.5. The average Bonchev–Trinajstić information content (AvgIpc) is 3.06. The summed E-state index contributed by atoms with van der Waals surface area (Å²) < 4.78 is 5.13. The van der Waals surface area contributed by atoms with Crippen LogP contribution in [0.3, 0.4) is 0 Å². The summed E-state index contributed by atoms with van der Waals surface area (Å²) in [7, 11) is 1.77. The molecule has 1 fully saturated rings. The van der Waals surface area contributed by atoms with Crippen molar-refractivity contribution in [2.75, 3.05) is 39.9 Å². The lowest BCUT2D eigenvalue weighted by molar-refractivity contribution is 0.142. The van der Waals surface area contributed by atoms with E-state index < -0.39 is 0 Å². The Morgan fingerprint density at radius 3 is 2.60 bits per heavy atom. The van der Waals surface area contributed by atoms with Crippen LogP contribution >= 0.6 is 0 Å². The Labute approximate surface area is 94.2 Å². The molecule has 90 valence electrons.